The van der Waals surface area contributed by atoms with Crippen LogP contribution in [-0.4, -0.2) is 48.9 Å². The second-order valence-electron chi connectivity index (χ2n) is 9.39. The first kappa shape index (κ1) is 22.3. The summed E-state index contributed by atoms with van der Waals surface area (Å²) in [4.78, 5) is 21.0. The van der Waals surface area contributed by atoms with Crippen LogP contribution in [-0.2, 0) is 4.74 Å². The third kappa shape index (κ3) is 4.23. The maximum Gasteiger partial charge on any atom is 0.228 e. The number of anilines is 1. The molecule has 2 aliphatic rings. The number of benzene rings is 1. The van der Waals surface area contributed by atoms with Crippen molar-refractivity contribution in [3.05, 3.63) is 58.4 Å². The number of nitrogens with zero attached hydrogens (tertiary/aromatic N) is 7. The minimum absolute atomic E-state index is 0.0566. The highest BCUT2D eigenvalue weighted by Crippen LogP contribution is 2.36. The van der Waals surface area contributed by atoms with E-state index >= 15 is 0 Å². The molecular formula is C25H25ClFN7O. The van der Waals surface area contributed by atoms with E-state index in [-0.39, 0.29) is 12.2 Å². The number of halogens is 2. The summed E-state index contributed by atoms with van der Waals surface area (Å²) in [6.07, 6.45) is 6.07. The van der Waals surface area contributed by atoms with Crippen LogP contribution in [0.2, 0.25) is 5.02 Å². The summed E-state index contributed by atoms with van der Waals surface area (Å²) < 4.78 is 23.3. The van der Waals surface area contributed by atoms with Crippen molar-refractivity contribution in [1.82, 2.24) is 29.7 Å². The van der Waals surface area contributed by atoms with E-state index in [1.165, 1.54) is 18.9 Å². The lowest BCUT2D eigenvalue weighted by molar-refractivity contribution is -0.0178. The highest BCUT2D eigenvalue weighted by molar-refractivity contribution is 6.30. The summed E-state index contributed by atoms with van der Waals surface area (Å²) in [5, 5.41) is 4.84. The molecule has 3 aromatic heterocycles. The molecule has 6 rings (SSSR count). The van der Waals surface area contributed by atoms with Gasteiger partial charge in [-0.15, -0.1) is 0 Å². The van der Waals surface area contributed by atoms with Crippen molar-refractivity contribution >= 4 is 28.7 Å². The predicted octanol–water partition coefficient (Wildman–Crippen LogP) is 4.99. The summed E-state index contributed by atoms with van der Waals surface area (Å²) >= 11 is 6.01. The van der Waals surface area contributed by atoms with E-state index in [1.54, 1.807) is 12.1 Å². The Morgan fingerprint density at radius 3 is 2.63 bits per heavy atom. The van der Waals surface area contributed by atoms with Crippen LogP contribution in [0.15, 0.2) is 30.6 Å². The number of hydrogen-bond donors (Lipinski definition) is 0. The Morgan fingerprint density at radius 1 is 1.06 bits per heavy atom. The average Bonchev–Trinajstić information content (AvgIpc) is 3.55. The SMILES string of the molecule is Cc1nc2nc(N3C[C@@H](C)O[C@H](c4cnn(C5CC5)c4)C3)nc(-c3ccc(Cl)cc3F)c2nc1C. The fourth-order valence-electron chi connectivity index (χ4n) is 4.47. The van der Waals surface area contributed by atoms with Crippen LogP contribution < -0.4 is 4.90 Å². The number of aryl methyl sites for hydroxylation is 2. The predicted molar refractivity (Wildman–Crippen MR) is 131 cm³/mol. The molecule has 1 saturated carbocycles. The van der Waals surface area contributed by atoms with Crippen LogP contribution in [0, 0.1) is 19.7 Å². The lowest BCUT2D eigenvalue weighted by Crippen LogP contribution is -2.43. The fourth-order valence-corrected chi connectivity index (χ4v) is 4.63. The van der Waals surface area contributed by atoms with Gasteiger partial charge in [0.25, 0.3) is 0 Å². The van der Waals surface area contributed by atoms with E-state index < -0.39 is 5.82 Å². The van der Waals surface area contributed by atoms with E-state index in [1.807, 2.05) is 31.6 Å². The molecular weight excluding hydrogens is 469 g/mol. The van der Waals surface area contributed by atoms with Gasteiger partial charge in [0, 0.05) is 28.9 Å². The Bertz CT molecular complexity index is 1440. The van der Waals surface area contributed by atoms with Gasteiger partial charge in [-0.2, -0.15) is 10.1 Å². The Labute approximate surface area is 207 Å². The molecule has 4 aromatic rings. The molecule has 0 radical (unpaired) electrons. The lowest BCUT2D eigenvalue weighted by atomic mass is 10.1. The summed E-state index contributed by atoms with van der Waals surface area (Å²) in [6.45, 7) is 6.93. The molecule has 0 spiro atoms. The normalized spacial score (nSPS) is 20.5. The Morgan fingerprint density at radius 2 is 1.86 bits per heavy atom. The van der Waals surface area contributed by atoms with Gasteiger partial charge in [0.05, 0.1) is 36.3 Å². The van der Waals surface area contributed by atoms with E-state index in [9.17, 15) is 4.39 Å². The second kappa shape index (κ2) is 8.49. The maximum absolute atomic E-state index is 15.0. The quantitative estimate of drug-likeness (QED) is 0.396. The van der Waals surface area contributed by atoms with Gasteiger partial charge in [-0.3, -0.25) is 4.68 Å². The number of aromatic nitrogens is 6. The minimum Gasteiger partial charge on any atom is -0.367 e. The van der Waals surface area contributed by atoms with Gasteiger partial charge >= 0.3 is 0 Å². The largest absolute Gasteiger partial charge is 0.367 e. The Balaban J connectivity index is 1.43. The molecule has 8 nitrogen and oxygen atoms in total. The number of hydrogen-bond acceptors (Lipinski definition) is 7. The number of fused-ring (bicyclic) bond motifs is 1. The third-order valence-electron chi connectivity index (χ3n) is 6.57. The van der Waals surface area contributed by atoms with E-state index in [4.69, 9.17) is 26.3 Å². The van der Waals surface area contributed by atoms with Gasteiger partial charge in [-0.1, -0.05) is 11.6 Å². The molecule has 1 aromatic carbocycles. The van der Waals surface area contributed by atoms with Crippen LogP contribution >= 0.6 is 11.6 Å². The van der Waals surface area contributed by atoms with Crippen molar-refractivity contribution in [3.63, 3.8) is 0 Å². The van der Waals surface area contributed by atoms with Crippen molar-refractivity contribution in [2.24, 2.45) is 0 Å². The van der Waals surface area contributed by atoms with Crippen LogP contribution in [0.3, 0.4) is 0 Å². The molecule has 1 saturated heterocycles. The smallest absolute Gasteiger partial charge is 0.228 e. The van der Waals surface area contributed by atoms with Gasteiger partial charge in [-0.25, -0.2) is 19.3 Å². The van der Waals surface area contributed by atoms with Crippen molar-refractivity contribution in [2.45, 2.75) is 51.9 Å². The summed E-state index contributed by atoms with van der Waals surface area (Å²) in [6, 6.07) is 5.05. The monoisotopic (exact) mass is 493 g/mol. The highest BCUT2D eigenvalue weighted by atomic mass is 35.5. The van der Waals surface area contributed by atoms with E-state index in [2.05, 4.69) is 26.2 Å². The van der Waals surface area contributed by atoms with Gasteiger partial charge in [-0.05, 0) is 51.8 Å². The molecule has 1 aliphatic carbocycles. The van der Waals surface area contributed by atoms with Crippen molar-refractivity contribution < 1.29 is 9.13 Å². The van der Waals surface area contributed by atoms with Crippen LogP contribution in [0.25, 0.3) is 22.4 Å². The molecule has 4 heterocycles. The van der Waals surface area contributed by atoms with Gasteiger partial charge in [0.15, 0.2) is 5.65 Å². The average molecular weight is 494 g/mol. The summed E-state index contributed by atoms with van der Waals surface area (Å²) in [7, 11) is 0. The van der Waals surface area contributed by atoms with Crippen LogP contribution in [0.5, 0.6) is 0 Å². The molecule has 0 unspecified atom stereocenters. The molecule has 0 N–H and O–H groups in total. The van der Waals surface area contributed by atoms with Gasteiger partial charge in [0.1, 0.15) is 23.1 Å². The molecule has 2 atom stereocenters. The van der Waals surface area contributed by atoms with Crippen molar-refractivity contribution in [1.29, 1.82) is 0 Å². The highest BCUT2D eigenvalue weighted by Gasteiger charge is 2.32. The van der Waals surface area contributed by atoms with Crippen molar-refractivity contribution in [3.8, 4) is 11.3 Å². The summed E-state index contributed by atoms with van der Waals surface area (Å²) in [5.74, 6) is -0.00155. The molecule has 0 bridgehead atoms. The Hall–Kier alpha value is -3.17. The lowest BCUT2D eigenvalue weighted by Gasteiger charge is -2.36. The first-order valence-electron chi connectivity index (χ1n) is 11.8. The number of rotatable bonds is 4. The zero-order valence-electron chi connectivity index (χ0n) is 19.7. The Kier molecular flexibility index (Phi) is 5.41. The summed E-state index contributed by atoms with van der Waals surface area (Å²) in [5.41, 5.74) is 4.14. The fraction of sp³-hybridized carbons (Fsp3) is 0.400. The first-order valence-corrected chi connectivity index (χ1v) is 12.2. The van der Waals surface area contributed by atoms with E-state index in [0.29, 0.717) is 52.5 Å². The van der Waals surface area contributed by atoms with Crippen molar-refractivity contribution in [2.75, 3.05) is 18.0 Å². The number of morpholine rings is 1. The third-order valence-corrected chi connectivity index (χ3v) is 6.81. The second-order valence-corrected chi connectivity index (χ2v) is 9.82. The molecule has 10 heteroatoms. The zero-order valence-corrected chi connectivity index (χ0v) is 20.5. The van der Waals surface area contributed by atoms with Crippen LogP contribution in [0.1, 0.15) is 48.9 Å². The molecule has 1 aliphatic heterocycles. The number of ether oxygens (including phenoxy) is 1. The zero-order chi connectivity index (χ0) is 24.3. The maximum atomic E-state index is 15.0. The van der Waals surface area contributed by atoms with Gasteiger partial charge in [0.2, 0.25) is 5.95 Å². The molecule has 2 fully saturated rings. The van der Waals surface area contributed by atoms with Gasteiger partial charge < -0.3 is 9.64 Å². The van der Waals surface area contributed by atoms with Crippen LogP contribution in [0.4, 0.5) is 10.3 Å². The standard InChI is InChI=1S/C25H25ClFN7O/c1-13-10-33(12-21(35-13)16-9-28-34(11-16)18-5-6-18)25-31-22(19-7-4-17(26)8-20(19)27)23-24(32-25)30-15(3)14(2)29-23/h4,7-9,11,13,18,21H,5-6,10,12H2,1-3H3/t13-,21+/m1/s1. The first-order chi connectivity index (χ1) is 16.9. The topological polar surface area (TPSA) is 81.9 Å². The molecule has 0 amide bonds. The van der Waals surface area contributed by atoms with E-state index in [0.717, 1.165) is 17.0 Å². The molecule has 180 valence electrons. The molecule has 35 heavy (non-hydrogen) atoms. The minimum atomic E-state index is -0.468.